The van der Waals surface area contributed by atoms with Gasteiger partial charge >= 0.3 is 5.97 Å². The molecule has 1 aliphatic rings. The van der Waals surface area contributed by atoms with Crippen LogP contribution in [-0.2, 0) is 9.53 Å². The molecule has 0 aliphatic carbocycles. The van der Waals surface area contributed by atoms with Gasteiger partial charge in [0.25, 0.3) is 5.56 Å². The summed E-state index contributed by atoms with van der Waals surface area (Å²) in [7, 11) is 1.61. The number of aryl methyl sites for hydroxylation is 1. The fourth-order valence-corrected chi connectivity index (χ4v) is 7.10. The van der Waals surface area contributed by atoms with Crippen LogP contribution in [0.3, 0.4) is 0 Å². The van der Waals surface area contributed by atoms with Crippen molar-refractivity contribution >= 4 is 34.2 Å². The lowest BCUT2D eigenvalue weighted by molar-refractivity contribution is -0.139. The topological polar surface area (TPSA) is 87.7 Å². The number of fused-ring (bicyclic) bond motifs is 2. The van der Waals surface area contributed by atoms with Crippen LogP contribution in [0.1, 0.15) is 55.2 Å². The number of benzene rings is 2. The maximum Gasteiger partial charge on any atom is 0.338 e. The lowest BCUT2D eigenvalue weighted by atomic mass is 9.90. The molecule has 0 bridgehead atoms. The third kappa shape index (κ3) is 4.97. The van der Waals surface area contributed by atoms with Gasteiger partial charge in [-0.2, -0.15) is 0 Å². The maximum atomic E-state index is 14.5. The lowest BCUT2D eigenvalue weighted by Gasteiger charge is -2.28. The first-order valence-electron chi connectivity index (χ1n) is 14.7. The van der Waals surface area contributed by atoms with Gasteiger partial charge in [-0.15, -0.1) is 0 Å². The van der Waals surface area contributed by atoms with Crippen molar-refractivity contribution in [3.8, 4) is 11.4 Å². The zero-order valence-corrected chi connectivity index (χ0v) is 26.3. The van der Waals surface area contributed by atoms with Crippen molar-refractivity contribution in [1.82, 2.24) is 14.1 Å². The Bertz CT molecular complexity index is 2100. The molecule has 0 N–H and O–H groups in total. The first-order valence-corrected chi connectivity index (χ1v) is 15.6. The molecule has 1 atom stereocenters. The molecule has 8 nitrogen and oxygen atoms in total. The second kappa shape index (κ2) is 12.1. The minimum atomic E-state index is -0.780. The van der Waals surface area contributed by atoms with Crippen molar-refractivity contribution in [3.05, 3.63) is 120 Å². The highest BCUT2D eigenvalue weighted by atomic mass is 32.1. The predicted octanol–water partition coefficient (Wildman–Crippen LogP) is 5.54. The number of nitrogens with zero attached hydrogens (tertiary/aromatic N) is 4. The summed E-state index contributed by atoms with van der Waals surface area (Å²) in [5, 5.41) is 1.87. The van der Waals surface area contributed by atoms with E-state index in [1.165, 1.54) is 11.3 Å². The van der Waals surface area contributed by atoms with E-state index in [-0.39, 0.29) is 12.2 Å². The quantitative estimate of drug-likeness (QED) is 0.217. The molecule has 44 heavy (non-hydrogen) atoms. The number of ether oxygens (including phenoxy) is 2. The molecule has 2 aromatic carbocycles. The summed E-state index contributed by atoms with van der Waals surface area (Å²) >= 11 is 1.33. The van der Waals surface area contributed by atoms with Gasteiger partial charge in [0.1, 0.15) is 11.8 Å². The first kappa shape index (κ1) is 29.3. The highest BCUT2D eigenvalue weighted by molar-refractivity contribution is 7.07. The molecule has 0 fully saturated rings. The zero-order valence-electron chi connectivity index (χ0n) is 25.5. The number of hydrogen-bond donors (Lipinski definition) is 0. The summed E-state index contributed by atoms with van der Waals surface area (Å²) in [6.07, 6.45) is 6.83. The van der Waals surface area contributed by atoms with Crippen LogP contribution < -0.4 is 19.6 Å². The molecule has 0 amide bonds. The van der Waals surface area contributed by atoms with Crippen molar-refractivity contribution in [1.29, 1.82) is 0 Å². The van der Waals surface area contributed by atoms with Gasteiger partial charge < -0.3 is 14.0 Å². The standard InChI is InChI=1S/C35H34N4O4S/c1-6-11-27-31(34(41)43-7-2)32(30-26-14-9-8-12-23(26)15-16-28(30)42-5)39-33(40)29(44-35(39)37-27)19-24-18-21(3)38(22(24)4)25-13-10-17-36-20-25/h8-10,12-20,32H,6-7,11H2,1-5H3/t32-/m1/s1. The number of thiazole rings is 1. The molecule has 3 aromatic heterocycles. The number of pyridine rings is 1. The Morgan fingerprint density at radius 3 is 2.64 bits per heavy atom. The normalized spacial score (nSPS) is 14.9. The van der Waals surface area contributed by atoms with Gasteiger partial charge in [0.2, 0.25) is 0 Å². The molecule has 224 valence electrons. The van der Waals surface area contributed by atoms with Gasteiger partial charge in [-0.05, 0) is 73.9 Å². The SMILES string of the molecule is CCCC1=C(C(=O)OCC)[C@@H](c2c(OC)ccc3ccccc23)n2c(sc(=Cc3cc(C)n(-c4cccnc4)c3C)c2=O)=N1. The summed E-state index contributed by atoms with van der Waals surface area (Å²) in [5.74, 6) is 0.108. The van der Waals surface area contributed by atoms with E-state index in [1.54, 1.807) is 24.8 Å². The van der Waals surface area contributed by atoms with Gasteiger partial charge in [-0.1, -0.05) is 55.0 Å². The average molecular weight is 607 g/mol. The van der Waals surface area contributed by atoms with E-state index in [1.807, 2.05) is 81.6 Å². The highest BCUT2D eigenvalue weighted by Crippen LogP contribution is 2.41. The Morgan fingerprint density at radius 1 is 1.09 bits per heavy atom. The van der Waals surface area contributed by atoms with E-state index >= 15 is 0 Å². The number of aromatic nitrogens is 3. The fraction of sp³-hybridized carbons (Fsp3) is 0.257. The number of esters is 1. The lowest BCUT2D eigenvalue weighted by Crippen LogP contribution is -2.40. The van der Waals surface area contributed by atoms with Crippen LogP contribution in [0.2, 0.25) is 0 Å². The highest BCUT2D eigenvalue weighted by Gasteiger charge is 2.37. The van der Waals surface area contributed by atoms with Crippen LogP contribution in [0.5, 0.6) is 5.75 Å². The maximum absolute atomic E-state index is 14.5. The molecule has 0 spiro atoms. The van der Waals surface area contributed by atoms with Crippen LogP contribution in [0.4, 0.5) is 0 Å². The first-order chi connectivity index (χ1) is 21.4. The summed E-state index contributed by atoms with van der Waals surface area (Å²) < 4.78 is 15.8. The van der Waals surface area contributed by atoms with E-state index in [2.05, 4.69) is 15.6 Å². The number of carbonyl (C=O) groups excluding carboxylic acids is 1. The van der Waals surface area contributed by atoms with Crippen molar-refractivity contribution in [2.45, 2.75) is 46.6 Å². The second-order valence-electron chi connectivity index (χ2n) is 10.7. The third-order valence-electron chi connectivity index (χ3n) is 7.98. The molecular weight excluding hydrogens is 572 g/mol. The van der Waals surface area contributed by atoms with Crippen molar-refractivity contribution in [2.24, 2.45) is 4.99 Å². The van der Waals surface area contributed by atoms with Crippen LogP contribution in [-0.4, -0.2) is 33.8 Å². The average Bonchev–Trinajstić information content (AvgIpc) is 3.49. The Hall–Kier alpha value is -4.76. The summed E-state index contributed by atoms with van der Waals surface area (Å²) in [6, 6.07) is 17.0. The number of allylic oxidation sites excluding steroid dienone is 1. The summed E-state index contributed by atoms with van der Waals surface area (Å²) in [4.78, 5) is 37.9. The smallest absolute Gasteiger partial charge is 0.338 e. The molecule has 0 radical (unpaired) electrons. The largest absolute Gasteiger partial charge is 0.496 e. The van der Waals surface area contributed by atoms with E-state index in [0.29, 0.717) is 32.8 Å². The summed E-state index contributed by atoms with van der Waals surface area (Å²) in [6.45, 7) is 8.10. The number of hydrogen-bond acceptors (Lipinski definition) is 7. The van der Waals surface area contributed by atoms with Crippen LogP contribution in [0.25, 0.3) is 22.5 Å². The van der Waals surface area contributed by atoms with Gasteiger partial charge in [0.15, 0.2) is 4.80 Å². The summed E-state index contributed by atoms with van der Waals surface area (Å²) in [5.41, 5.74) is 5.42. The number of methoxy groups -OCH3 is 1. The molecule has 0 unspecified atom stereocenters. The molecule has 4 heterocycles. The minimum absolute atomic E-state index is 0.206. The molecule has 1 aliphatic heterocycles. The minimum Gasteiger partial charge on any atom is -0.496 e. The fourth-order valence-electron chi connectivity index (χ4n) is 6.09. The molecule has 6 rings (SSSR count). The van der Waals surface area contributed by atoms with Crippen molar-refractivity contribution in [3.63, 3.8) is 0 Å². The van der Waals surface area contributed by atoms with E-state index in [4.69, 9.17) is 14.5 Å². The zero-order chi connectivity index (χ0) is 31.0. The molecular formula is C35H34N4O4S. The van der Waals surface area contributed by atoms with Gasteiger partial charge in [0.05, 0.1) is 41.4 Å². The predicted molar refractivity (Wildman–Crippen MR) is 173 cm³/mol. The van der Waals surface area contributed by atoms with Crippen LogP contribution in [0.15, 0.2) is 88.0 Å². The number of rotatable bonds is 8. The molecule has 9 heteroatoms. The molecule has 0 saturated carbocycles. The number of carbonyl (C=O) groups is 1. The Morgan fingerprint density at radius 2 is 1.91 bits per heavy atom. The second-order valence-corrected chi connectivity index (χ2v) is 11.7. The van der Waals surface area contributed by atoms with Gasteiger partial charge in [-0.25, -0.2) is 9.79 Å². The Kier molecular flexibility index (Phi) is 8.05. The van der Waals surface area contributed by atoms with E-state index in [9.17, 15) is 9.59 Å². The monoisotopic (exact) mass is 606 g/mol. The third-order valence-corrected chi connectivity index (χ3v) is 8.96. The van der Waals surface area contributed by atoms with E-state index in [0.717, 1.165) is 45.4 Å². The molecule has 5 aromatic rings. The van der Waals surface area contributed by atoms with Crippen LogP contribution >= 0.6 is 11.3 Å². The van der Waals surface area contributed by atoms with Gasteiger partial charge in [0, 0.05) is 23.1 Å². The Balaban J connectivity index is 1.65. The van der Waals surface area contributed by atoms with Crippen molar-refractivity contribution in [2.75, 3.05) is 13.7 Å². The van der Waals surface area contributed by atoms with Gasteiger partial charge in [-0.3, -0.25) is 14.3 Å². The Labute approximate surface area is 259 Å². The molecule has 0 saturated heterocycles. The van der Waals surface area contributed by atoms with Crippen molar-refractivity contribution < 1.29 is 14.3 Å². The van der Waals surface area contributed by atoms with E-state index < -0.39 is 12.0 Å². The van der Waals surface area contributed by atoms with Crippen LogP contribution in [0, 0.1) is 13.8 Å².